The molecule has 0 radical (unpaired) electrons. The highest BCUT2D eigenvalue weighted by Crippen LogP contribution is 2.45. The van der Waals surface area contributed by atoms with Gasteiger partial charge < -0.3 is 63.9 Å². The first-order valence-electron chi connectivity index (χ1n) is 37.0. The zero-order chi connectivity index (χ0) is 74.7. The highest BCUT2D eigenvalue weighted by atomic mass is 19.3. The molecular formula is C82H86F2N16O8. The Kier molecular flexibility index (Phi) is 20.7. The SMILES string of the molecule is C=CC(=O)N1CC2(C1)CN(c1ncnc3c1CC(=O)N(c1cc(O)cc4ccccc14)C3)C2.C=CC(=O)N1CCN(c2nc(OCCCN3CCCCC3)nc3c2CCN(c2cc(C(F)F)cc4ccccc24)C3)CC1.C=CC(=O)N1CCN(c2ncnc3c2CC(=O)N(c2cc(O)cc4ccccc24)C3)CC1. The van der Waals surface area contributed by atoms with Crippen LogP contribution in [-0.2, 0) is 62.9 Å². The number of carbonyl (C=O) groups excluding carboxylic acids is 5. The number of aromatic nitrogens is 6. The third-order valence-corrected chi connectivity index (χ3v) is 21.9. The number of likely N-dealkylation sites (tertiary alicyclic amines) is 2. The molecule has 8 aliphatic heterocycles. The van der Waals surface area contributed by atoms with Gasteiger partial charge in [-0.05, 0) is 97.4 Å². The van der Waals surface area contributed by atoms with Crippen LogP contribution in [0, 0.1) is 5.41 Å². The second-order valence-corrected chi connectivity index (χ2v) is 28.8. The molecule has 9 aromatic rings. The quantitative estimate of drug-likeness (QED) is 0.0716. The fourth-order valence-corrected chi connectivity index (χ4v) is 16.4. The fraction of sp³-hybridized carbons (Fsp3) is 0.354. The average Bonchev–Trinajstić information content (AvgIpc) is 0.611. The van der Waals surface area contributed by atoms with Crippen LogP contribution >= 0.6 is 0 Å². The van der Waals surface area contributed by atoms with Crippen LogP contribution in [0.1, 0.15) is 71.4 Å². The van der Waals surface area contributed by atoms with Crippen LogP contribution in [0.5, 0.6) is 17.5 Å². The number of hydrogen-bond donors (Lipinski definition) is 2. The van der Waals surface area contributed by atoms with Gasteiger partial charge >= 0.3 is 6.01 Å². The number of ether oxygens (including phenoxy) is 1. The highest BCUT2D eigenvalue weighted by molar-refractivity contribution is 6.07. The number of anilines is 6. The molecule has 1 spiro atoms. The Morgan fingerprint density at radius 3 is 1.52 bits per heavy atom. The summed E-state index contributed by atoms with van der Waals surface area (Å²) in [5, 5.41) is 25.7. The van der Waals surface area contributed by atoms with Crippen molar-refractivity contribution in [3.05, 3.63) is 199 Å². The summed E-state index contributed by atoms with van der Waals surface area (Å²) in [6.45, 7) is 24.4. The van der Waals surface area contributed by atoms with Gasteiger partial charge in [-0.2, -0.15) is 9.97 Å². The van der Waals surface area contributed by atoms with Gasteiger partial charge in [0.15, 0.2) is 0 Å². The molecule has 5 fully saturated rings. The monoisotopic (exact) mass is 1460 g/mol. The Hall–Kier alpha value is -11.7. The molecule has 6 aromatic carbocycles. The van der Waals surface area contributed by atoms with E-state index in [-0.39, 0.29) is 64.9 Å². The predicted octanol–water partition coefficient (Wildman–Crippen LogP) is 9.74. The number of piperazine rings is 2. The van der Waals surface area contributed by atoms with E-state index in [0.29, 0.717) is 109 Å². The molecule has 11 heterocycles. The van der Waals surface area contributed by atoms with Gasteiger partial charge in [-0.25, -0.2) is 28.7 Å². The number of fused-ring (bicyclic) bond motifs is 6. The van der Waals surface area contributed by atoms with Crippen molar-refractivity contribution in [3.63, 3.8) is 0 Å². The van der Waals surface area contributed by atoms with Gasteiger partial charge in [-0.3, -0.25) is 24.0 Å². The number of rotatable bonds is 15. The molecule has 3 aromatic heterocycles. The van der Waals surface area contributed by atoms with Gasteiger partial charge in [-0.1, -0.05) is 99.0 Å². The van der Waals surface area contributed by atoms with Crippen molar-refractivity contribution in [1.29, 1.82) is 0 Å². The summed E-state index contributed by atoms with van der Waals surface area (Å²) >= 11 is 0. The summed E-state index contributed by atoms with van der Waals surface area (Å²) in [6, 6.07) is 33.3. The largest absolute Gasteiger partial charge is 0.508 e. The van der Waals surface area contributed by atoms with Crippen LogP contribution in [0.4, 0.5) is 43.3 Å². The number of halogens is 2. The molecule has 5 amide bonds. The fourth-order valence-electron chi connectivity index (χ4n) is 16.4. The number of piperidine rings is 1. The smallest absolute Gasteiger partial charge is 0.318 e. The summed E-state index contributed by atoms with van der Waals surface area (Å²) < 4.78 is 33.9. The first-order valence-corrected chi connectivity index (χ1v) is 37.0. The zero-order valence-corrected chi connectivity index (χ0v) is 60.3. The Bertz CT molecular complexity index is 4990. The molecule has 0 saturated carbocycles. The van der Waals surface area contributed by atoms with Crippen molar-refractivity contribution in [2.24, 2.45) is 5.41 Å². The first-order chi connectivity index (χ1) is 52.5. The standard InChI is InChI=1S/C33H40F2N6O2.C25H23N5O3.C24H23N5O3/c1-2-30(42)39-16-18-40(19-17-39)32-27-11-15-41(29-22-25(31(34)35)21-24-9-4-5-10-26(24)29)23-28(27)36-33(37-32)43-20-8-14-38-12-6-3-7-13-38;1-2-22(32)28-11-25(12-28)13-29(14-25)24-19-9-23(33)30(10-20(19)26-15-27-24)21-8-17(31)7-16-5-3-4-6-18(16)21;1-2-22(31)27-7-9-28(10-8-27)24-19-13-23(32)29(14-20(19)25-15-26-24)21-12-17(30)11-16-5-3-4-6-18(16)21/h2,4-5,9-10,21-22,31H,1,3,6-8,11-20,23H2;2-8,15,31H,1,9-14H2;2-6,11-12,15,30H,1,7-10,13-14H2. The van der Waals surface area contributed by atoms with E-state index in [4.69, 9.17) is 14.7 Å². The third-order valence-electron chi connectivity index (χ3n) is 21.9. The molecule has 0 aliphatic carbocycles. The van der Waals surface area contributed by atoms with Crippen LogP contribution in [0.3, 0.4) is 0 Å². The van der Waals surface area contributed by atoms with E-state index < -0.39 is 6.43 Å². The molecule has 2 N–H and O–H groups in total. The second-order valence-electron chi connectivity index (χ2n) is 28.8. The summed E-state index contributed by atoms with van der Waals surface area (Å²) in [6.07, 6.45) is 10.4. The van der Waals surface area contributed by atoms with E-state index in [1.807, 2.05) is 72.8 Å². The zero-order valence-electron chi connectivity index (χ0n) is 60.3. The maximum Gasteiger partial charge on any atom is 0.318 e. The van der Waals surface area contributed by atoms with Crippen molar-refractivity contribution in [1.82, 2.24) is 49.5 Å². The molecule has 0 unspecified atom stereocenters. The van der Waals surface area contributed by atoms with Gasteiger partial charge in [0, 0.05) is 153 Å². The second kappa shape index (κ2) is 31.0. The average molecular weight is 1460 g/mol. The van der Waals surface area contributed by atoms with E-state index >= 15 is 0 Å². The molecular weight excluding hydrogens is 1380 g/mol. The molecule has 24 nitrogen and oxygen atoms in total. The molecule has 0 bridgehead atoms. The Balaban J connectivity index is 0.000000131. The topological polar surface area (TPSA) is 245 Å². The molecule has 5 saturated heterocycles. The number of aromatic hydroxyl groups is 2. The minimum absolute atomic E-state index is 0.0209. The van der Waals surface area contributed by atoms with E-state index in [1.54, 1.807) is 67.2 Å². The maximum absolute atomic E-state index is 13.9. The van der Waals surface area contributed by atoms with Crippen LogP contribution in [0.2, 0.25) is 0 Å². The Morgan fingerprint density at radius 1 is 0.500 bits per heavy atom. The number of alkyl halides is 2. The number of phenolic OH excluding ortho intramolecular Hbond substituents is 2. The summed E-state index contributed by atoms with van der Waals surface area (Å²) in [4.78, 5) is 110. The number of hydrogen-bond acceptors (Lipinski definition) is 19. The van der Waals surface area contributed by atoms with E-state index in [0.717, 1.165) is 141 Å². The number of benzene rings is 6. The lowest BCUT2D eigenvalue weighted by Crippen LogP contribution is -2.73. The summed E-state index contributed by atoms with van der Waals surface area (Å²) in [5.74, 6) is 2.41. The van der Waals surface area contributed by atoms with Crippen molar-refractivity contribution < 1.29 is 47.7 Å². The maximum atomic E-state index is 13.9. The normalized spacial score (nSPS) is 17.6. The Labute approximate surface area is 624 Å². The van der Waals surface area contributed by atoms with Gasteiger partial charge in [0.2, 0.25) is 29.5 Å². The molecule has 556 valence electrons. The van der Waals surface area contributed by atoms with Crippen LogP contribution in [0.25, 0.3) is 32.3 Å². The lowest BCUT2D eigenvalue weighted by atomic mass is 9.72. The van der Waals surface area contributed by atoms with Gasteiger partial charge in [0.25, 0.3) is 6.43 Å². The van der Waals surface area contributed by atoms with Gasteiger partial charge in [0.05, 0.1) is 67.5 Å². The predicted molar refractivity (Wildman–Crippen MR) is 411 cm³/mol. The number of nitrogens with zero attached hydrogens (tertiary/aromatic N) is 16. The lowest BCUT2D eigenvalue weighted by Gasteiger charge is -2.60. The van der Waals surface area contributed by atoms with E-state index in [2.05, 4.69) is 64.2 Å². The van der Waals surface area contributed by atoms with Crippen molar-refractivity contribution in [3.8, 4) is 17.5 Å². The molecule has 0 atom stereocenters. The van der Waals surface area contributed by atoms with Crippen molar-refractivity contribution in [2.45, 2.75) is 71.0 Å². The lowest BCUT2D eigenvalue weighted by molar-refractivity contribution is -0.139. The molecule has 26 heteroatoms. The Morgan fingerprint density at radius 2 is 0.991 bits per heavy atom. The number of amides is 5. The minimum Gasteiger partial charge on any atom is -0.508 e. The van der Waals surface area contributed by atoms with Crippen LogP contribution in [0.15, 0.2) is 160 Å². The van der Waals surface area contributed by atoms with Crippen LogP contribution in [-0.4, -0.2) is 201 Å². The summed E-state index contributed by atoms with van der Waals surface area (Å²) in [5.41, 5.74) is 7.54. The molecule has 8 aliphatic rings. The molecule has 17 rings (SSSR count). The van der Waals surface area contributed by atoms with Gasteiger partial charge in [-0.15, -0.1) is 0 Å². The van der Waals surface area contributed by atoms with E-state index in [1.165, 1.54) is 43.8 Å². The van der Waals surface area contributed by atoms with Crippen molar-refractivity contribution in [2.75, 3.05) is 141 Å². The number of carbonyl (C=O) groups is 5. The van der Waals surface area contributed by atoms with Crippen molar-refractivity contribution >= 4 is 96.4 Å². The molecule has 108 heavy (non-hydrogen) atoms. The van der Waals surface area contributed by atoms with E-state index in [9.17, 15) is 43.0 Å². The highest BCUT2D eigenvalue weighted by Gasteiger charge is 2.54. The van der Waals surface area contributed by atoms with Gasteiger partial charge in [0.1, 0.15) is 41.6 Å². The third kappa shape index (κ3) is 14.8. The minimum atomic E-state index is -2.55. The number of phenols is 2. The summed E-state index contributed by atoms with van der Waals surface area (Å²) in [7, 11) is 0. The first kappa shape index (κ1) is 71.9. The van der Waals surface area contributed by atoms with Crippen LogP contribution < -0.4 is 34.1 Å².